The average molecular weight is 288 g/mol. The summed E-state index contributed by atoms with van der Waals surface area (Å²) in [4.78, 5) is 0. The van der Waals surface area contributed by atoms with E-state index in [1.165, 1.54) is 25.7 Å². The van der Waals surface area contributed by atoms with E-state index >= 15 is 0 Å². The van der Waals surface area contributed by atoms with E-state index in [1.807, 2.05) is 18.2 Å². The Balaban J connectivity index is 2.40. The summed E-state index contributed by atoms with van der Waals surface area (Å²) in [6, 6.07) is 5.65. The maximum absolute atomic E-state index is 6.14. The molecule has 1 aromatic carbocycles. The highest BCUT2D eigenvalue weighted by Gasteiger charge is 2.08. The number of hydrogen-bond acceptors (Lipinski definition) is 1. The first-order chi connectivity index (χ1) is 8.69. The van der Waals surface area contributed by atoms with Crippen LogP contribution in [0.5, 0.6) is 0 Å². The van der Waals surface area contributed by atoms with Crippen LogP contribution >= 0.6 is 23.2 Å². The molecule has 1 unspecified atom stereocenters. The molecule has 0 bridgehead atoms. The number of halogens is 2. The number of unbranched alkanes of at least 4 members (excludes halogenated alkanes) is 1. The third-order valence-corrected chi connectivity index (χ3v) is 4.05. The number of nitrogens with one attached hydrogen (secondary N) is 1. The molecular weight excluding hydrogens is 265 g/mol. The average Bonchev–Trinajstić information content (AvgIpc) is 2.36. The highest BCUT2D eigenvalue weighted by molar-refractivity contribution is 6.35. The lowest BCUT2D eigenvalue weighted by Crippen LogP contribution is -2.22. The lowest BCUT2D eigenvalue weighted by Gasteiger charge is -2.16. The molecule has 0 aliphatic rings. The number of rotatable bonds is 8. The zero-order chi connectivity index (χ0) is 13.4. The molecular formula is C15H23Cl2N. The lowest BCUT2D eigenvalue weighted by molar-refractivity contribution is 0.419. The van der Waals surface area contributed by atoms with Crippen molar-refractivity contribution in [3.05, 3.63) is 33.8 Å². The maximum atomic E-state index is 6.14. The molecule has 0 radical (unpaired) electrons. The van der Waals surface area contributed by atoms with Crippen LogP contribution in [0.15, 0.2) is 18.2 Å². The third-order valence-electron chi connectivity index (χ3n) is 3.34. The summed E-state index contributed by atoms with van der Waals surface area (Å²) in [5.41, 5.74) is 1.01. The summed E-state index contributed by atoms with van der Waals surface area (Å²) in [5.74, 6) is 0.756. The Morgan fingerprint density at radius 1 is 1.17 bits per heavy atom. The molecule has 1 nitrogen and oxygen atoms in total. The first-order valence-electron chi connectivity index (χ1n) is 6.82. The lowest BCUT2D eigenvalue weighted by atomic mass is 9.99. The van der Waals surface area contributed by atoms with Crippen molar-refractivity contribution in [3.8, 4) is 0 Å². The molecule has 0 fully saturated rings. The molecule has 102 valence electrons. The van der Waals surface area contributed by atoms with E-state index < -0.39 is 0 Å². The Hall–Kier alpha value is -0.240. The van der Waals surface area contributed by atoms with Gasteiger partial charge in [-0.25, -0.2) is 0 Å². The molecule has 1 rings (SSSR count). The third kappa shape index (κ3) is 5.17. The van der Waals surface area contributed by atoms with Gasteiger partial charge in [0.05, 0.1) is 0 Å². The van der Waals surface area contributed by atoms with Gasteiger partial charge in [0.1, 0.15) is 0 Å². The minimum atomic E-state index is 0.747. The standard InChI is InChI=1S/C15H23Cl2N/c1-3-5-7-12(4-2)10-18-11-13-14(16)8-6-9-15(13)17/h6,8-9,12,18H,3-5,7,10-11H2,1-2H3. The predicted octanol–water partition coefficient (Wildman–Crippen LogP) is 5.30. The highest BCUT2D eigenvalue weighted by atomic mass is 35.5. The van der Waals surface area contributed by atoms with E-state index in [0.29, 0.717) is 0 Å². The van der Waals surface area contributed by atoms with E-state index in [-0.39, 0.29) is 0 Å². The zero-order valence-corrected chi connectivity index (χ0v) is 12.8. The fourth-order valence-corrected chi connectivity index (χ4v) is 2.58. The number of hydrogen-bond donors (Lipinski definition) is 1. The normalized spacial score (nSPS) is 12.7. The fourth-order valence-electron chi connectivity index (χ4n) is 2.05. The summed E-state index contributed by atoms with van der Waals surface area (Å²) in [6.45, 7) is 6.29. The zero-order valence-electron chi connectivity index (χ0n) is 11.3. The van der Waals surface area contributed by atoms with Crippen molar-refractivity contribution in [2.45, 2.75) is 46.1 Å². The Kier molecular flexibility index (Phi) is 7.73. The van der Waals surface area contributed by atoms with Crippen molar-refractivity contribution in [1.29, 1.82) is 0 Å². The van der Waals surface area contributed by atoms with Gasteiger partial charge in [-0.05, 0) is 31.0 Å². The molecule has 1 atom stereocenters. The molecule has 0 heterocycles. The van der Waals surface area contributed by atoms with Crippen LogP contribution in [0.2, 0.25) is 10.0 Å². The summed E-state index contributed by atoms with van der Waals surface area (Å²) in [5, 5.41) is 4.97. The molecule has 0 spiro atoms. The minimum Gasteiger partial charge on any atom is -0.312 e. The van der Waals surface area contributed by atoms with Crippen LogP contribution in [0, 0.1) is 5.92 Å². The van der Waals surface area contributed by atoms with Gasteiger partial charge in [0.25, 0.3) is 0 Å². The van der Waals surface area contributed by atoms with Gasteiger partial charge in [-0.3, -0.25) is 0 Å². The molecule has 0 aliphatic heterocycles. The van der Waals surface area contributed by atoms with Gasteiger partial charge in [0, 0.05) is 22.2 Å². The van der Waals surface area contributed by atoms with Crippen LogP contribution in [0.3, 0.4) is 0 Å². The Bertz CT molecular complexity index is 332. The summed E-state index contributed by atoms with van der Waals surface area (Å²) in [7, 11) is 0. The SMILES string of the molecule is CCCCC(CC)CNCc1c(Cl)cccc1Cl. The molecule has 0 saturated carbocycles. The second-order valence-electron chi connectivity index (χ2n) is 4.75. The monoisotopic (exact) mass is 287 g/mol. The summed E-state index contributed by atoms with van der Waals surface area (Å²) in [6.07, 6.45) is 5.11. The molecule has 0 aliphatic carbocycles. The van der Waals surface area contributed by atoms with Gasteiger partial charge in [-0.15, -0.1) is 0 Å². The molecule has 18 heavy (non-hydrogen) atoms. The van der Waals surface area contributed by atoms with Crippen molar-refractivity contribution >= 4 is 23.2 Å². The molecule has 0 saturated heterocycles. The topological polar surface area (TPSA) is 12.0 Å². The van der Waals surface area contributed by atoms with Crippen molar-refractivity contribution in [2.75, 3.05) is 6.54 Å². The van der Waals surface area contributed by atoms with Gasteiger partial charge in [-0.1, -0.05) is 62.4 Å². The van der Waals surface area contributed by atoms with E-state index in [1.54, 1.807) is 0 Å². The second kappa shape index (κ2) is 8.79. The quantitative estimate of drug-likeness (QED) is 0.684. The fraction of sp³-hybridized carbons (Fsp3) is 0.600. The molecule has 3 heteroatoms. The van der Waals surface area contributed by atoms with Crippen LogP contribution in [0.25, 0.3) is 0 Å². The van der Waals surface area contributed by atoms with Crippen LogP contribution in [-0.4, -0.2) is 6.54 Å². The van der Waals surface area contributed by atoms with E-state index in [0.717, 1.165) is 34.6 Å². The first-order valence-corrected chi connectivity index (χ1v) is 7.58. The molecule has 0 aromatic heterocycles. The predicted molar refractivity (Wildman–Crippen MR) is 81.5 cm³/mol. The van der Waals surface area contributed by atoms with Crippen molar-refractivity contribution < 1.29 is 0 Å². The van der Waals surface area contributed by atoms with E-state index in [2.05, 4.69) is 19.2 Å². The van der Waals surface area contributed by atoms with Gasteiger partial charge in [0.15, 0.2) is 0 Å². The van der Waals surface area contributed by atoms with Crippen LogP contribution in [0.1, 0.15) is 45.1 Å². The molecule has 0 amide bonds. The highest BCUT2D eigenvalue weighted by Crippen LogP contribution is 2.24. The van der Waals surface area contributed by atoms with Gasteiger partial charge in [0.2, 0.25) is 0 Å². The Morgan fingerprint density at radius 2 is 1.83 bits per heavy atom. The maximum Gasteiger partial charge on any atom is 0.0465 e. The van der Waals surface area contributed by atoms with Crippen molar-refractivity contribution in [3.63, 3.8) is 0 Å². The first kappa shape index (κ1) is 15.8. The molecule has 1 aromatic rings. The van der Waals surface area contributed by atoms with Gasteiger partial charge in [-0.2, -0.15) is 0 Å². The van der Waals surface area contributed by atoms with Gasteiger partial charge < -0.3 is 5.32 Å². The second-order valence-corrected chi connectivity index (χ2v) is 5.56. The summed E-state index contributed by atoms with van der Waals surface area (Å²) < 4.78 is 0. The van der Waals surface area contributed by atoms with E-state index in [9.17, 15) is 0 Å². The molecule has 1 N–H and O–H groups in total. The number of benzene rings is 1. The Labute approximate surface area is 121 Å². The van der Waals surface area contributed by atoms with E-state index in [4.69, 9.17) is 23.2 Å². The van der Waals surface area contributed by atoms with Crippen LogP contribution in [0.4, 0.5) is 0 Å². The minimum absolute atomic E-state index is 0.747. The van der Waals surface area contributed by atoms with Crippen LogP contribution < -0.4 is 5.32 Å². The van der Waals surface area contributed by atoms with Crippen molar-refractivity contribution in [1.82, 2.24) is 5.32 Å². The summed E-state index contributed by atoms with van der Waals surface area (Å²) >= 11 is 12.3. The van der Waals surface area contributed by atoms with Crippen molar-refractivity contribution in [2.24, 2.45) is 5.92 Å². The largest absolute Gasteiger partial charge is 0.312 e. The smallest absolute Gasteiger partial charge is 0.0465 e. The van der Waals surface area contributed by atoms with Crippen LogP contribution in [-0.2, 0) is 6.54 Å². The van der Waals surface area contributed by atoms with Gasteiger partial charge >= 0.3 is 0 Å². The Morgan fingerprint density at radius 3 is 2.39 bits per heavy atom.